The number of rotatable bonds is 4. The number of ketones is 1. The summed E-state index contributed by atoms with van der Waals surface area (Å²) >= 11 is 12.1. The van der Waals surface area contributed by atoms with Crippen molar-refractivity contribution < 1.29 is 4.79 Å². The van der Waals surface area contributed by atoms with Crippen molar-refractivity contribution in [1.82, 2.24) is 0 Å². The number of para-hydroxylation sites is 2. The molecule has 0 unspecified atom stereocenters. The summed E-state index contributed by atoms with van der Waals surface area (Å²) in [7, 11) is 0. The Morgan fingerprint density at radius 2 is 1.62 bits per heavy atom. The molecule has 3 rings (SSSR count). The van der Waals surface area contributed by atoms with E-state index in [9.17, 15) is 4.79 Å². The molecule has 3 nitrogen and oxygen atoms in total. The van der Waals surface area contributed by atoms with Gasteiger partial charge in [0.1, 0.15) is 0 Å². The minimum absolute atomic E-state index is 0.151. The molecular weight excluding hydrogens is 343 g/mol. The van der Waals surface area contributed by atoms with E-state index in [0.29, 0.717) is 26.9 Å². The summed E-state index contributed by atoms with van der Waals surface area (Å²) in [4.78, 5) is 12.5. The summed E-state index contributed by atoms with van der Waals surface area (Å²) in [5.74, 6) is -0.151. The number of carbonyl (C=O) groups excluding carboxylic acids is 1. The third-order valence-corrected chi connectivity index (χ3v) is 4.12. The molecule has 120 valence electrons. The Labute approximate surface area is 150 Å². The van der Waals surface area contributed by atoms with Gasteiger partial charge < -0.3 is 11.1 Å². The van der Waals surface area contributed by atoms with Crippen molar-refractivity contribution in [3.8, 4) is 0 Å². The zero-order valence-electron chi connectivity index (χ0n) is 12.6. The molecule has 0 heterocycles. The predicted molar refractivity (Wildman–Crippen MR) is 100 cm³/mol. The highest BCUT2D eigenvalue weighted by Crippen LogP contribution is 2.28. The zero-order chi connectivity index (χ0) is 17.1. The van der Waals surface area contributed by atoms with Gasteiger partial charge in [-0.2, -0.15) is 0 Å². The monoisotopic (exact) mass is 356 g/mol. The van der Waals surface area contributed by atoms with Crippen LogP contribution in [-0.2, 0) is 0 Å². The van der Waals surface area contributed by atoms with Crippen molar-refractivity contribution in [2.24, 2.45) is 0 Å². The summed E-state index contributed by atoms with van der Waals surface area (Å²) in [6, 6.07) is 19.3. The number of anilines is 3. The van der Waals surface area contributed by atoms with Crippen molar-refractivity contribution in [1.29, 1.82) is 0 Å². The molecule has 0 saturated carbocycles. The van der Waals surface area contributed by atoms with Crippen LogP contribution >= 0.6 is 23.2 Å². The van der Waals surface area contributed by atoms with Crippen LogP contribution in [0.4, 0.5) is 17.1 Å². The fourth-order valence-corrected chi connectivity index (χ4v) is 2.69. The van der Waals surface area contributed by atoms with E-state index in [1.165, 1.54) is 0 Å². The number of hydrogen-bond donors (Lipinski definition) is 2. The van der Waals surface area contributed by atoms with Crippen LogP contribution in [0.3, 0.4) is 0 Å². The lowest BCUT2D eigenvalue weighted by atomic mass is 10.0. The number of hydrogen-bond acceptors (Lipinski definition) is 3. The lowest BCUT2D eigenvalue weighted by Crippen LogP contribution is -2.03. The molecule has 0 aliphatic rings. The Morgan fingerprint density at radius 1 is 0.917 bits per heavy atom. The summed E-state index contributed by atoms with van der Waals surface area (Å²) in [6.45, 7) is 0. The van der Waals surface area contributed by atoms with E-state index in [2.05, 4.69) is 5.32 Å². The molecule has 3 aromatic rings. The smallest absolute Gasteiger partial charge is 0.194 e. The van der Waals surface area contributed by atoms with Gasteiger partial charge in [-0.3, -0.25) is 4.79 Å². The van der Waals surface area contributed by atoms with Crippen LogP contribution in [0, 0.1) is 0 Å². The highest BCUT2D eigenvalue weighted by Gasteiger charge is 2.13. The molecule has 0 aliphatic heterocycles. The maximum Gasteiger partial charge on any atom is 0.194 e. The molecule has 0 spiro atoms. The summed E-state index contributed by atoms with van der Waals surface area (Å²) < 4.78 is 0. The number of nitrogens with one attached hydrogen (secondary N) is 1. The third kappa shape index (κ3) is 3.53. The first-order valence-electron chi connectivity index (χ1n) is 7.26. The minimum Gasteiger partial charge on any atom is -0.397 e. The topological polar surface area (TPSA) is 55.1 Å². The first kappa shape index (κ1) is 16.4. The van der Waals surface area contributed by atoms with Crippen LogP contribution < -0.4 is 11.1 Å². The lowest BCUT2D eigenvalue weighted by Gasteiger charge is -2.11. The Bertz CT molecular complexity index is 892. The second-order valence-corrected chi connectivity index (χ2v) is 6.09. The van der Waals surface area contributed by atoms with Gasteiger partial charge in [-0.15, -0.1) is 0 Å². The van der Waals surface area contributed by atoms with Gasteiger partial charge in [0.25, 0.3) is 0 Å². The van der Waals surface area contributed by atoms with Crippen LogP contribution in [0.25, 0.3) is 0 Å². The van der Waals surface area contributed by atoms with Crippen molar-refractivity contribution in [3.63, 3.8) is 0 Å². The van der Waals surface area contributed by atoms with E-state index in [1.807, 2.05) is 24.3 Å². The normalized spacial score (nSPS) is 10.4. The molecule has 0 fully saturated rings. The van der Waals surface area contributed by atoms with E-state index >= 15 is 0 Å². The molecule has 0 atom stereocenters. The number of halogens is 2. The molecule has 3 aromatic carbocycles. The van der Waals surface area contributed by atoms with Crippen molar-refractivity contribution in [2.45, 2.75) is 0 Å². The van der Waals surface area contributed by atoms with Crippen LogP contribution in [0.2, 0.25) is 10.0 Å². The Kier molecular flexibility index (Phi) is 4.74. The van der Waals surface area contributed by atoms with Gasteiger partial charge in [0.2, 0.25) is 0 Å². The molecular formula is C19H14Cl2N2O. The Morgan fingerprint density at radius 3 is 2.29 bits per heavy atom. The highest BCUT2D eigenvalue weighted by atomic mass is 35.5. The molecule has 0 amide bonds. The standard InChI is InChI=1S/C19H14Cl2N2O/c20-13-7-5-12(6-8-13)19(24)15-10-9-14(11-16(15)21)23-18-4-2-1-3-17(18)22/h1-11,23H,22H2. The van der Waals surface area contributed by atoms with Gasteiger partial charge >= 0.3 is 0 Å². The SMILES string of the molecule is Nc1ccccc1Nc1ccc(C(=O)c2ccc(Cl)cc2)c(Cl)c1. The number of benzene rings is 3. The molecule has 24 heavy (non-hydrogen) atoms. The van der Waals surface area contributed by atoms with Gasteiger partial charge in [-0.05, 0) is 54.6 Å². The minimum atomic E-state index is -0.151. The molecule has 3 N–H and O–H groups in total. The Hall–Kier alpha value is -2.49. The maximum absolute atomic E-state index is 12.5. The van der Waals surface area contributed by atoms with Crippen LogP contribution in [0.15, 0.2) is 66.7 Å². The number of nitrogens with two attached hydrogens (primary N) is 1. The van der Waals surface area contributed by atoms with Crippen molar-refractivity contribution in [2.75, 3.05) is 11.1 Å². The largest absolute Gasteiger partial charge is 0.397 e. The van der Waals surface area contributed by atoms with Crippen molar-refractivity contribution >= 4 is 46.0 Å². The second kappa shape index (κ2) is 6.95. The highest BCUT2D eigenvalue weighted by molar-refractivity contribution is 6.35. The summed E-state index contributed by atoms with van der Waals surface area (Å²) in [6.07, 6.45) is 0. The van der Waals surface area contributed by atoms with Gasteiger partial charge in [0.05, 0.1) is 16.4 Å². The third-order valence-electron chi connectivity index (χ3n) is 3.56. The molecule has 0 radical (unpaired) electrons. The van der Waals surface area contributed by atoms with Crippen LogP contribution in [-0.4, -0.2) is 5.78 Å². The fourth-order valence-electron chi connectivity index (χ4n) is 2.30. The zero-order valence-corrected chi connectivity index (χ0v) is 14.1. The van der Waals surface area contributed by atoms with E-state index < -0.39 is 0 Å². The van der Waals surface area contributed by atoms with E-state index in [4.69, 9.17) is 28.9 Å². The van der Waals surface area contributed by atoms with Gasteiger partial charge in [0.15, 0.2) is 5.78 Å². The van der Waals surface area contributed by atoms with Crippen LogP contribution in [0.1, 0.15) is 15.9 Å². The first-order chi connectivity index (χ1) is 11.5. The number of carbonyl (C=O) groups is 1. The molecule has 0 bridgehead atoms. The Balaban J connectivity index is 1.86. The quantitative estimate of drug-likeness (QED) is 0.475. The van der Waals surface area contributed by atoms with Gasteiger partial charge in [-0.1, -0.05) is 35.3 Å². The molecule has 5 heteroatoms. The summed E-state index contributed by atoms with van der Waals surface area (Å²) in [5, 5.41) is 4.14. The number of nitrogen functional groups attached to an aromatic ring is 1. The predicted octanol–water partition coefficient (Wildman–Crippen LogP) is 5.55. The molecule has 0 aliphatic carbocycles. The second-order valence-electron chi connectivity index (χ2n) is 5.24. The first-order valence-corrected chi connectivity index (χ1v) is 8.01. The summed E-state index contributed by atoms with van der Waals surface area (Å²) in [5.41, 5.74) is 9.06. The van der Waals surface area contributed by atoms with Crippen LogP contribution in [0.5, 0.6) is 0 Å². The maximum atomic E-state index is 12.5. The average molecular weight is 357 g/mol. The average Bonchev–Trinajstić information content (AvgIpc) is 2.57. The van der Waals surface area contributed by atoms with E-state index in [-0.39, 0.29) is 5.78 Å². The van der Waals surface area contributed by atoms with E-state index in [1.54, 1.807) is 42.5 Å². The molecule has 0 saturated heterocycles. The van der Waals surface area contributed by atoms with E-state index in [0.717, 1.165) is 11.4 Å². The molecule has 0 aromatic heterocycles. The lowest BCUT2D eigenvalue weighted by molar-refractivity contribution is 0.103. The van der Waals surface area contributed by atoms with Crippen molar-refractivity contribution in [3.05, 3.63) is 87.9 Å². The fraction of sp³-hybridized carbons (Fsp3) is 0. The van der Waals surface area contributed by atoms with Gasteiger partial charge in [-0.25, -0.2) is 0 Å². The van der Waals surface area contributed by atoms with Gasteiger partial charge in [0, 0.05) is 21.8 Å².